The Kier molecular flexibility index (Phi) is 8.70. The van der Waals surface area contributed by atoms with Crippen molar-refractivity contribution in [1.82, 2.24) is 5.32 Å². The molecular weight excluding hydrogens is 326 g/mol. The van der Waals surface area contributed by atoms with E-state index in [1.165, 1.54) is 0 Å². The van der Waals surface area contributed by atoms with Gasteiger partial charge in [-0.2, -0.15) is 0 Å². The molecule has 4 nitrogen and oxygen atoms in total. The summed E-state index contributed by atoms with van der Waals surface area (Å²) in [5.41, 5.74) is 2.16. The number of amides is 1. The van der Waals surface area contributed by atoms with Gasteiger partial charge in [0.2, 0.25) is 5.91 Å². The molecule has 0 saturated heterocycles. The van der Waals surface area contributed by atoms with Crippen molar-refractivity contribution in [1.29, 1.82) is 0 Å². The van der Waals surface area contributed by atoms with Gasteiger partial charge in [-0.25, -0.2) is 0 Å². The molecule has 0 radical (unpaired) electrons. The number of carbonyl (C=O) groups excluding carboxylic acids is 1. The normalized spacial score (nSPS) is 10.7. The molecule has 0 bridgehead atoms. The highest BCUT2D eigenvalue weighted by atomic mass is 16.5. The van der Waals surface area contributed by atoms with Gasteiger partial charge in [0.05, 0.1) is 6.54 Å². The third-order valence-corrected chi connectivity index (χ3v) is 3.96. The Morgan fingerprint density at radius 2 is 1.73 bits per heavy atom. The molecule has 2 aromatic carbocycles. The van der Waals surface area contributed by atoms with Crippen molar-refractivity contribution >= 4 is 5.91 Å². The highest BCUT2D eigenvalue weighted by molar-refractivity contribution is 5.77. The van der Waals surface area contributed by atoms with Crippen LogP contribution in [0.3, 0.4) is 0 Å². The van der Waals surface area contributed by atoms with E-state index >= 15 is 0 Å². The molecule has 0 saturated carbocycles. The molecule has 1 N–H and O–H groups in total. The largest absolute Gasteiger partial charge is 0.491 e. The van der Waals surface area contributed by atoms with Crippen LogP contribution in [0.15, 0.2) is 54.6 Å². The minimum atomic E-state index is -0.102. The van der Waals surface area contributed by atoms with Crippen molar-refractivity contribution in [3.8, 4) is 16.9 Å². The van der Waals surface area contributed by atoms with E-state index in [9.17, 15) is 4.79 Å². The molecular formula is C22H29NO3. The second kappa shape index (κ2) is 11.3. The number of carbonyl (C=O) groups is 1. The SMILES string of the molecule is CC(C)CCCOCC(=O)NCCOc1ccccc1-c1ccccc1. The molecule has 4 heteroatoms. The zero-order chi connectivity index (χ0) is 18.6. The first-order valence-electron chi connectivity index (χ1n) is 9.28. The van der Waals surface area contributed by atoms with Crippen molar-refractivity contribution in [2.45, 2.75) is 26.7 Å². The number of benzene rings is 2. The summed E-state index contributed by atoms with van der Waals surface area (Å²) >= 11 is 0. The fourth-order valence-electron chi connectivity index (χ4n) is 2.61. The predicted molar refractivity (Wildman–Crippen MR) is 105 cm³/mol. The average molecular weight is 355 g/mol. The van der Waals surface area contributed by atoms with Crippen LogP contribution < -0.4 is 10.1 Å². The molecule has 0 spiro atoms. The molecule has 140 valence electrons. The van der Waals surface area contributed by atoms with E-state index in [4.69, 9.17) is 9.47 Å². The zero-order valence-corrected chi connectivity index (χ0v) is 15.7. The van der Waals surface area contributed by atoms with Gasteiger partial charge in [0, 0.05) is 12.2 Å². The van der Waals surface area contributed by atoms with E-state index in [0.717, 1.165) is 29.7 Å². The van der Waals surface area contributed by atoms with Crippen LogP contribution in [0.2, 0.25) is 0 Å². The van der Waals surface area contributed by atoms with Crippen molar-refractivity contribution in [2.24, 2.45) is 5.92 Å². The third-order valence-electron chi connectivity index (χ3n) is 3.96. The molecule has 26 heavy (non-hydrogen) atoms. The quantitative estimate of drug-likeness (QED) is 0.611. The number of para-hydroxylation sites is 1. The number of hydrogen-bond donors (Lipinski definition) is 1. The Morgan fingerprint density at radius 1 is 1.00 bits per heavy atom. The second-order valence-corrected chi connectivity index (χ2v) is 6.65. The summed E-state index contributed by atoms with van der Waals surface area (Å²) in [4.78, 5) is 11.7. The molecule has 0 fully saturated rings. The molecule has 1 amide bonds. The Balaban J connectivity index is 1.68. The third kappa shape index (κ3) is 7.28. The van der Waals surface area contributed by atoms with Crippen LogP contribution >= 0.6 is 0 Å². The molecule has 0 unspecified atom stereocenters. The minimum absolute atomic E-state index is 0.102. The van der Waals surface area contributed by atoms with Crippen LogP contribution in [0.1, 0.15) is 26.7 Å². The summed E-state index contributed by atoms with van der Waals surface area (Å²) in [7, 11) is 0. The van der Waals surface area contributed by atoms with Crippen LogP contribution in [-0.2, 0) is 9.53 Å². The molecule has 0 aliphatic rings. The summed E-state index contributed by atoms with van der Waals surface area (Å²) in [6.07, 6.45) is 2.11. The molecule has 0 aliphatic carbocycles. The van der Waals surface area contributed by atoms with Crippen molar-refractivity contribution in [3.63, 3.8) is 0 Å². The van der Waals surface area contributed by atoms with Gasteiger partial charge >= 0.3 is 0 Å². The Bertz CT molecular complexity index is 655. The van der Waals surface area contributed by atoms with Gasteiger partial charge in [-0.1, -0.05) is 62.4 Å². The van der Waals surface area contributed by atoms with E-state index < -0.39 is 0 Å². The second-order valence-electron chi connectivity index (χ2n) is 6.65. The van der Waals surface area contributed by atoms with Crippen LogP contribution in [0.25, 0.3) is 11.1 Å². The monoisotopic (exact) mass is 355 g/mol. The van der Waals surface area contributed by atoms with Crippen molar-refractivity contribution in [2.75, 3.05) is 26.4 Å². The van der Waals surface area contributed by atoms with E-state index in [-0.39, 0.29) is 12.5 Å². The van der Waals surface area contributed by atoms with E-state index in [1.54, 1.807) is 0 Å². The molecule has 2 aromatic rings. The van der Waals surface area contributed by atoms with Gasteiger partial charge in [0.15, 0.2) is 0 Å². The number of hydrogen-bond acceptors (Lipinski definition) is 3. The highest BCUT2D eigenvalue weighted by Gasteiger charge is 2.06. The fourth-order valence-corrected chi connectivity index (χ4v) is 2.61. The molecule has 0 heterocycles. The maximum Gasteiger partial charge on any atom is 0.246 e. The lowest BCUT2D eigenvalue weighted by molar-refractivity contribution is -0.125. The van der Waals surface area contributed by atoms with Gasteiger partial charge in [-0.3, -0.25) is 4.79 Å². The van der Waals surface area contributed by atoms with Gasteiger partial charge in [0.25, 0.3) is 0 Å². The van der Waals surface area contributed by atoms with Crippen LogP contribution in [0.5, 0.6) is 5.75 Å². The summed E-state index contributed by atoms with van der Waals surface area (Å²) in [6, 6.07) is 18.0. The highest BCUT2D eigenvalue weighted by Crippen LogP contribution is 2.29. The van der Waals surface area contributed by atoms with E-state index in [0.29, 0.717) is 25.7 Å². The molecule has 0 aliphatic heterocycles. The zero-order valence-electron chi connectivity index (χ0n) is 15.7. The standard InChI is InChI=1S/C22H29NO3/c1-18(2)9-8-15-25-17-22(24)23-14-16-26-21-13-7-6-12-20(21)19-10-4-3-5-11-19/h3-7,10-13,18H,8-9,14-17H2,1-2H3,(H,23,24). The molecule has 2 rings (SSSR count). The minimum Gasteiger partial charge on any atom is -0.491 e. The summed E-state index contributed by atoms with van der Waals surface area (Å²) in [6.45, 7) is 5.98. The van der Waals surface area contributed by atoms with Gasteiger partial charge in [-0.15, -0.1) is 0 Å². The first-order chi connectivity index (χ1) is 12.7. The lowest BCUT2D eigenvalue weighted by atomic mass is 10.1. The lowest BCUT2D eigenvalue weighted by Crippen LogP contribution is -2.31. The Morgan fingerprint density at radius 3 is 2.50 bits per heavy atom. The van der Waals surface area contributed by atoms with E-state index in [1.807, 2.05) is 42.5 Å². The maximum atomic E-state index is 11.7. The first kappa shape index (κ1) is 20.0. The maximum absolute atomic E-state index is 11.7. The summed E-state index contributed by atoms with van der Waals surface area (Å²) in [5.74, 6) is 1.38. The number of rotatable bonds is 11. The molecule has 0 aromatic heterocycles. The van der Waals surface area contributed by atoms with Crippen LogP contribution in [-0.4, -0.2) is 32.3 Å². The number of nitrogens with one attached hydrogen (secondary N) is 1. The molecule has 0 atom stereocenters. The van der Waals surface area contributed by atoms with Crippen LogP contribution in [0.4, 0.5) is 0 Å². The first-order valence-corrected chi connectivity index (χ1v) is 9.28. The van der Waals surface area contributed by atoms with Crippen molar-refractivity contribution < 1.29 is 14.3 Å². The summed E-state index contributed by atoms with van der Waals surface area (Å²) in [5, 5.41) is 2.82. The van der Waals surface area contributed by atoms with Crippen LogP contribution in [0, 0.1) is 5.92 Å². The number of ether oxygens (including phenoxy) is 2. The smallest absolute Gasteiger partial charge is 0.246 e. The Hall–Kier alpha value is -2.33. The lowest BCUT2D eigenvalue weighted by Gasteiger charge is -2.12. The van der Waals surface area contributed by atoms with Gasteiger partial charge in [0.1, 0.15) is 19.0 Å². The van der Waals surface area contributed by atoms with E-state index in [2.05, 4.69) is 31.3 Å². The summed E-state index contributed by atoms with van der Waals surface area (Å²) < 4.78 is 11.2. The van der Waals surface area contributed by atoms with Crippen molar-refractivity contribution in [3.05, 3.63) is 54.6 Å². The van der Waals surface area contributed by atoms with Gasteiger partial charge < -0.3 is 14.8 Å². The Labute approximate surface area is 156 Å². The topological polar surface area (TPSA) is 47.6 Å². The fraction of sp³-hybridized carbons (Fsp3) is 0.409. The predicted octanol–water partition coefficient (Wildman–Crippen LogP) is 4.30. The van der Waals surface area contributed by atoms with Gasteiger partial charge in [-0.05, 0) is 30.4 Å². The average Bonchev–Trinajstić information content (AvgIpc) is 2.66.